The number of aliphatic hydroxyl groups is 29. The summed E-state index contributed by atoms with van der Waals surface area (Å²) in [6, 6.07) is -7.60. The summed E-state index contributed by atoms with van der Waals surface area (Å²) in [5, 5.41) is 344. The van der Waals surface area contributed by atoms with Crippen molar-refractivity contribution < 1.29 is 267 Å². The van der Waals surface area contributed by atoms with E-state index >= 15 is 0 Å². The molecule has 0 saturated carbocycles. The van der Waals surface area contributed by atoms with Gasteiger partial charge in [-0.25, -0.2) is 4.79 Å². The van der Waals surface area contributed by atoms with Crippen LogP contribution in [0.15, 0.2) is 0 Å². The van der Waals surface area contributed by atoms with Crippen LogP contribution in [-0.2, 0) is 114 Å². The van der Waals surface area contributed by atoms with Gasteiger partial charge in [0.05, 0.1) is 78.2 Å². The molecule has 10 rings (SSSR count). The fourth-order valence-electron chi connectivity index (χ4n) is 16.5. The van der Waals surface area contributed by atoms with E-state index in [2.05, 4.69) is 21.3 Å². The van der Waals surface area contributed by atoms with Gasteiger partial charge in [0.25, 0.3) is 5.79 Å². The lowest BCUT2D eigenvalue weighted by Crippen LogP contribution is -2.71. The summed E-state index contributed by atoms with van der Waals surface area (Å²) in [7, 11) is 0. The van der Waals surface area contributed by atoms with E-state index in [1.54, 1.807) is 0 Å². The maximum absolute atomic E-state index is 13.3. The Hall–Kier alpha value is -4.57. The minimum Gasteiger partial charge on any atom is -0.477 e. The largest absolute Gasteiger partial charge is 0.477 e. The van der Waals surface area contributed by atoms with E-state index in [1.165, 1.54) is 0 Å². The van der Waals surface area contributed by atoms with Crippen molar-refractivity contribution in [2.24, 2.45) is 0 Å². The van der Waals surface area contributed by atoms with Gasteiger partial charge in [0.2, 0.25) is 23.6 Å². The number of nitrogens with one attached hydrogen (secondary N) is 4. The van der Waals surface area contributed by atoms with Crippen LogP contribution < -0.4 is 21.3 Å². The Kier molecular flexibility index (Phi) is 38.0. The van der Waals surface area contributed by atoms with Gasteiger partial charge in [0, 0.05) is 34.1 Å². The molecule has 0 aromatic heterocycles. The summed E-state index contributed by atoms with van der Waals surface area (Å²) < 4.78 is 112. The summed E-state index contributed by atoms with van der Waals surface area (Å²) in [6.07, 6.45) is -103. The monoisotopic (exact) mass is 1890 g/mol. The van der Waals surface area contributed by atoms with Crippen molar-refractivity contribution in [1.29, 1.82) is 0 Å². The minimum absolute atomic E-state index is 0.816. The molecule has 0 aromatic rings. The molecule has 58 nitrogen and oxygen atoms in total. The molecule has 129 heavy (non-hydrogen) atoms. The molecule has 0 aromatic carbocycles. The molecule has 4 amide bonds. The molecule has 10 aliphatic rings. The molecule has 0 aliphatic carbocycles. The van der Waals surface area contributed by atoms with Gasteiger partial charge < -0.3 is 264 Å². The topological polar surface area (TPSA) is 916 Å². The summed E-state index contributed by atoms with van der Waals surface area (Å²) in [6.45, 7) is -8.00. The van der Waals surface area contributed by atoms with Crippen molar-refractivity contribution >= 4 is 29.6 Å². The van der Waals surface area contributed by atoms with E-state index in [0.717, 1.165) is 27.7 Å². The molecular weight excluding hydrogens is 1770 g/mol. The number of aliphatic carboxylic acids is 1. The molecular formula is C71H118N4O54. The normalized spacial score (nSPS) is 48.1. The Morgan fingerprint density at radius 2 is 0.628 bits per heavy atom. The van der Waals surface area contributed by atoms with E-state index in [-0.39, 0.29) is 0 Å². The van der Waals surface area contributed by atoms with Crippen molar-refractivity contribution in [3.8, 4) is 0 Å². The molecule has 10 aliphatic heterocycles. The van der Waals surface area contributed by atoms with Crippen LogP contribution in [0.2, 0.25) is 0 Å². The zero-order valence-electron chi connectivity index (χ0n) is 68.9. The molecule has 0 spiro atoms. The van der Waals surface area contributed by atoms with Crippen molar-refractivity contribution in [1.82, 2.24) is 21.3 Å². The van der Waals surface area contributed by atoms with Crippen LogP contribution in [0.5, 0.6) is 0 Å². The van der Waals surface area contributed by atoms with E-state index in [1.807, 2.05) is 0 Å². The number of carbonyl (C=O) groups is 5. The number of aliphatic hydroxyl groups excluding tert-OH is 29. The summed E-state index contributed by atoms with van der Waals surface area (Å²) in [5.41, 5.74) is 0. The molecule has 0 bridgehead atoms. The van der Waals surface area contributed by atoms with Crippen LogP contribution in [0.3, 0.4) is 0 Å². The SMILES string of the molecule is CC(=O)N[C@H]1[C@H](O[C@H]2[C@H](O)[C@@H](NC(C)=O)C(O)O[C@@H]2CO)O[C@H](CO)[C@@H](O[C@@H]2O[C@H](CO[C@H]3O[C@H](CO[C@H]4O[C@H](CO)[C@@H](O)[C@H](O)[C@@H]4O)[C@@H](O)[C@H](O[C@H]4O[C@H](CO)[C@@H](O)[C@H](O)[C@@H]4O)[C@@H]3O)[C@@H](O)[C@H](O[C@H]3O[C@H](CO)[C@@H](O)[C@H](O)[C@@H]3O[C@@H]3O[C@H](CO)[C@@H](O[C@@H]4O[C@H](CO)[C@H](O)[C@H](O[C@]5(C(=O)O)C[C@H](O)[C@@H](NC(C)=O)[C@H]([C@H](O)[C@H](O)CO)O5)[C@H]4O)[C@H](O)[C@H]3NC(C)=O)[C@@H]2O)[C@@H]1O. The van der Waals surface area contributed by atoms with Crippen LogP contribution in [0.1, 0.15) is 34.1 Å². The van der Waals surface area contributed by atoms with E-state index in [0.29, 0.717) is 0 Å². The van der Waals surface area contributed by atoms with Gasteiger partial charge in [-0.15, -0.1) is 0 Å². The first-order valence-corrected chi connectivity index (χ1v) is 40.8. The van der Waals surface area contributed by atoms with Gasteiger partial charge in [0.15, 0.2) is 56.6 Å². The molecule has 34 N–H and O–H groups in total. The average molecular weight is 1890 g/mol. The Morgan fingerprint density at radius 1 is 0.318 bits per heavy atom. The third-order valence-corrected chi connectivity index (χ3v) is 23.4. The van der Waals surface area contributed by atoms with Crippen LogP contribution in [0.4, 0.5) is 0 Å². The quantitative estimate of drug-likeness (QED) is 0.0280. The van der Waals surface area contributed by atoms with Gasteiger partial charge >= 0.3 is 5.97 Å². The molecule has 58 heteroatoms. The zero-order valence-corrected chi connectivity index (χ0v) is 68.9. The van der Waals surface area contributed by atoms with Gasteiger partial charge in [-0.2, -0.15) is 0 Å². The first-order chi connectivity index (χ1) is 60.9. The molecule has 1 unspecified atom stereocenters. The van der Waals surface area contributed by atoms with Gasteiger partial charge in [-0.05, 0) is 0 Å². The number of ether oxygens (including phenoxy) is 19. The molecule has 10 saturated heterocycles. The third-order valence-electron chi connectivity index (χ3n) is 23.4. The van der Waals surface area contributed by atoms with Crippen LogP contribution in [0.25, 0.3) is 0 Å². The Bertz CT molecular complexity index is 3550. The smallest absolute Gasteiger partial charge is 0.364 e. The van der Waals surface area contributed by atoms with Gasteiger partial charge in [0.1, 0.15) is 238 Å². The molecule has 746 valence electrons. The standard InChI is InChI=1S/C71H118N4O54/c1-16(84)72-31-20(88)5-71(70(109)110,128-56(31)35(90)21(89)6-76)129-59-39(94)25(10-80)116-68(52(59)107)124-55-28(13-83)119-63(34(44(55)99)75-19(4)87)127-60-47(102)38(93)24(9-79)117-69(60)126-58-41(96)30(121-67(51(58)106)123-54-27(12-82)118-62(33(43(54)98)74-18(3)86)122-53-26(11-81)113-61(108)32(42(53)97)73-17(2)85)15-112-65-50(105)57(125-66-49(104)46(101)37(92)23(8-78)115-66)40(95)29(120-65)14-111-64-48(103)45(100)36(91)22(7-77)114-64/h20-69,76-83,88-108H,5-15H2,1-4H3,(H,72,84)(H,73,85)(H,74,86)(H,75,87)(H,109,110)/t20-,21+,22+,23+,24+,25+,26+,27+,28+,29+,30+,31+,32+,33+,34+,35+,36+,37+,38+,39-,40+,41+,42+,43+,44+,45-,46-,47-,48-,49-,50-,51-,52+,53+,54+,55+,56+,57-,58-,59-,60-,61?,62-,63-,64-,65-,66+,67-,68-,69+,71-/m0/s1. The zero-order chi connectivity index (χ0) is 95.3. The highest BCUT2D eigenvalue weighted by molar-refractivity contribution is 5.77. The number of rotatable bonds is 35. The second-order valence-electron chi connectivity index (χ2n) is 32.4. The fourth-order valence-corrected chi connectivity index (χ4v) is 16.5. The van der Waals surface area contributed by atoms with Crippen LogP contribution in [-0.4, -0.2) is 561 Å². The van der Waals surface area contributed by atoms with Crippen LogP contribution >= 0.6 is 0 Å². The highest BCUT2D eigenvalue weighted by atomic mass is 16.8. The van der Waals surface area contributed by atoms with Gasteiger partial charge in [-0.1, -0.05) is 0 Å². The lowest BCUT2D eigenvalue weighted by molar-refractivity contribution is -0.400. The average Bonchev–Trinajstić information content (AvgIpc) is 0.746. The predicted octanol–water partition coefficient (Wildman–Crippen LogP) is -23.0. The van der Waals surface area contributed by atoms with E-state index in [4.69, 9.17) is 90.0 Å². The second kappa shape index (κ2) is 46.1. The summed E-state index contributed by atoms with van der Waals surface area (Å²) in [5.74, 6) is -9.28. The highest BCUT2D eigenvalue weighted by Crippen LogP contribution is 2.43. The molecule has 10 fully saturated rings. The number of carboxylic acid groups (broad SMARTS) is 1. The number of hydrogen-bond acceptors (Lipinski definition) is 53. The maximum Gasteiger partial charge on any atom is 0.364 e. The van der Waals surface area contributed by atoms with Crippen LogP contribution in [0, 0.1) is 0 Å². The molecule has 51 atom stereocenters. The van der Waals surface area contributed by atoms with Crippen molar-refractivity contribution in [3.63, 3.8) is 0 Å². The number of amides is 4. The van der Waals surface area contributed by atoms with Crippen molar-refractivity contribution in [2.45, 2.75) is 347 Å². The minimum atomic E-state index is -3.33. The second-order valence-corrected chi connectivity index (χ2v) is 32.4. The first-order valence-electron chi connectivity index (χ1n) is 40.8. The third kappa shape index (κ3) is 23.5. The maximum atomic E-state index is 13.3. The fraction of sp³-hybridized carbons (Fsp3) is 0.930. The number of carboxylic acids is 1. The number of carbonyl (C=O) groups excluding carboxylic acids is 4. The lowest BCUT2D eigenvalue weighted by atomic mass is 9.88. The summed E-state index contributed by atoms with van der Waals surface area (Å²) in [4.78, 5) is 64.1. The van der Waals surface area contributed by atoms with E-state index < -0.39 is 414 Å². The molecule has 10 heterocycles. The first kappa shape index (κ1) is 106. The Morgan fingerprint density at radius 3 is 1.07 bits per heavy atom. The molecule has 0 radical (unpaired) electrons. The number of hydrogen-bond donors (Lipinski definition) is 34. The highest BCUT2D eigenvalue weighted by Gasteiger charge is 2.64. The predicted molar refractivity (Wildman–Crippen MR) is 393 cm³/mol. The van der Waals surface area contributed by atoms with Crippen molar-refractivity contribution in [3.05, 3.63) is 0 Å². The van der Waals surface area contributed by atoms with Gasteiger partial charge in [-0.3, -0.25) is 19.2 Å². The Balaban J connectivity index is 0.975. The summed E-state index contributed by atoms with van der Waals surface area (Å²) >= 11 is 0. The van der Waals surface area contributed by atoms with E-state index in [9.17, 15) is 177 Å². The van der Waals surface area contributed by atoms with Crippen molar-refractivity contribution in [2.75, 3.05) is 66.1 Å². The Labute approximate surface area is 728 Å². The lowest BCUT2D eigenvalue weighted by Gasteiger charge is -2.51.